The monoisotopic (exact) mass is 234 g/mol. The number of nitrogens with zero attached hydrogens (tertiary/aromatic N) is 1. The molecule has 0 aromatic carbocycles. The minimum Gasteiger partial charge on any atom is -0.307 e. The van der Waals surface area contributed by atoms with Gasteiger partial charge in [-0.3, -0.25) is 4.90 Å². The lowest BCUT2D eigenvalue weighted by molar-refractivity contribution is 0.301. The predicted octanol–water partition coefficient (Wildman–Crippen LogP) is 2.13. The van der Waals surface area contributed by atoms with Crippen LogP contribution in [-0.2, 0) is 0 Å². The highest BCUT2D eigenvalue weighted by atomic mass is 35.5. The Morgan fingerprint density at radius 1 is 1.43 bits per heavy atom. The van der Waals surface area contributed by atoms with Crippen molar-refractivity contribution < 1.29 is 0 Å². The Morgan fingerprint density at radius 2 is 2.29 bits per heavy atom. The maximum Gasteiger partial charge on any atom is 0.0432 e. The lowest BCUT2D eigenvalue weighted by Gasteiger charge is -2.21. The van der Waals surface area contributed by atoms with Gasteiger partial charge in [-0.15, -0.1) is 0 Å². The Balaban J connectivity index is 1.81. The van der Waals surface area contributed by atoms with Crippen LogP contribution in [0.5, 0.6) is 0 Å². The number of fused-ring (bicyclic) bond motifs is 1. The Morgan fingerprint density at radius 3 is 3.07 bits per heavy atom. The molecular weight excluding hydrogens is 219 g/mol. The second-order valence-corrected chi connectivity index (χ2v) is 4.78. The summed E-state index contributed by atoms with van der Waals surface area (Å²) in [4.78, 5) is 2.58. The lowest BCUT2D eigenvalue weighted by Crippen LogP contribution is -2.39. The summed E-state index contributed by atoms with van der Waals surface area (Å²) in [6.45, 7) is 3.23. The zero-order valence-corrected chi connectivity index (χ0v) is 9.69. The number of rotatable bonds is 3. The highest BCUT2D eigenvalue weighted by Crippen LogP contribution is 2.27. The van der Waals surface area contributed by atoms with E-state index in [2.05, 4.69) is 10.2 Å². The van der Waals surface area contributed by atoms with Gasteiger partial charge < -0.3 is 5.32 Å². The molecule has 2 rings (SSSR count). The second-order valence-electron chi connectivity index (χ2n) is 4.08. The SMILES string of the molecule is Cl/C=C(/Cl)CNC1CCN2CCCC12. The van der Waals surface area contributed by atoms with Gasteiger partial charge >= 0.3 is 0 Å². The van der Waals surface area contributed by atoms with E-state index in [4.69, 9.17) is 23.2 Å². The van der Waals surface area contributed by atoms with Gasteiger partial charge in [0.25, 0.3) is 0 Å². The normalized spacial score (nSPS) is 33.7. The summed E-state index contributed by atoms with van der Waals surface area (Å²) >= 11 is 11.3. The van der Waals surface area contributed by atoms with Crippen molar-refractivity contribution in [3.05, 3.63) is 10.6 Å². The van der Waals surface area contributed by atoms with Gasteiger partial charge in [-0.2, -0.15) is 0 Å². The fraction of sp³-hybridized carbons (Fsp3) is 0.800. The summed E-state index contributed by atoms with van der Waals surface area (Å²) in [7, 11) is 0. The highest BCUT2D eigenvalue weighted by Gasteiger charge is 2.36. The second kappa shape index (κ2) is 4.84. The van der Waals surface area contributed by atoms with E-state index in [0.29, 0.717) is 17.6 Å². The molecule has 0 amide bonds. The van der Waals surface area contributed by atoms with Crippen LogP contribution in [0.25, 0.3) is 0 Å². The number of halogens is 2. The van der Waals surface area contributed by atoms with E-state index in [0.717, 1.165) is 6.04 Å². The van der Waals surface area contributed by atoms with E-state index < -0.39 is 0 Å². The maximum absolute atomic E-state index is 5.84. The third-order valence-electron chi connectivity index (χ3n) is 3.26. The van der Waals surface area contributed by atoms with Crippen LogP contribution in [0.1, 0.15) is 19.3 Å². The molecule has 80 valence electrons. The van der Waals surface area contributed by atoms with E-state index >= 15 is 0 Å². The molecule has 2 unspecified atom stereocenters. The first-order valence-corrected chi connectivity index (χ1v) is 6.05. The molecule has 2 atom stereocenters. The number of nitrogens with one attached hydrogen (secondary N) is 1. The molecule has 2 saturated heterocycles. The first kappa shape index (κ1) is 10.7. The fourth-order valence-corrected chi connectivity index (χ4v) is 2.74. The van der Waals surface area contributed by atoms with Crippen molar-refractivity contribution >= 4 is 23.2 Å². The topological polar surface area (TPSA) is 15.3 Å². The highest BCUT2D eigenvalue weighted by molar-refractivity contribution is 6.36. The van der Waals surface area contributed by atoms with Gasteiger partial charge in [0.15, 0.2) is 0 Å². The van der Waals surface area contributed by atoms with Crippen molar-refractivity contribution in [3.63, 3.8) is 0 Å². The first-order valence-electron chi connectivity index (χ1n) is 5.23. The third kappa shape index (κ3) is 2.25. The van der Waals surface area contributed by atoms with Crippen LogP contribution in [0, 0.1) is 0 Å². The van der Waals surface area contributed by atoms with Gasteiger partial charge in [0.2, 0.25) is 0 Å². The third-order valence-corrected chi connectivity index (χ3v) is 3.88. The largest absolute Gasteiger partial charge is 0.307 e. The molecule has 0 radical (unpaired) electrons. The van der Waals surface area contributed by atoms with Crippen LogP contribution < -0.4 is 5.32 Å². The molecule has 2 aliphatic rings. The van der Waals surface area contributed by atoms with E-state index in [1.54, 1.807) is 0 Å². The van der Waals surface area contributed by atoms with Crippen LogP contribution in [0.2, 0.25) is 0 Å². The van der Waals surface area contributed by atoms with Crippen LogP contribution >= 0.6 is 23.2 Å². The van der Waals surface area contributed by atoms with Gasteiger partial charge in [0, 0.05) is 35.7 Å². The molecule has 0 aliphatic carbocycles. The summed E-state index contributed by atoms with van der Waals surface area (Å²) in [5.74, 6) is 0. The van der Waals surface area contributed by atoms with Crippen molar-refractivity contribution in [3.8, 4) is 0 Å². The molecule has 14 heavy (non-hydrogen) atoms. The maximum atomic E-state index is 5.84. The van der Waals surface area contributed by atoms with Crippen molar-refractivity contribution in [1.29, 1.82) is 0 Å². The van der Waals surface area contributed by atoms with Crippen molar-refractivity contribution in [2.45, 2.75) is 31.3 Å². The van der Waals surface area contributed by atoms with Crippen molar-refractivity contribution in [2.75, 3.05) is 19.6 Å². The summed E-state index contributed by atoms with van der Waals surface area (Å²) in [5.41, 5.74) is 1.44. The molecule has 2 nitrogen and oxygen atoms in total. The molecular formula is C10H16Cl2N2. The zero-order chi connectivity index (χ0) is 9.97. The molecule has 2 aliphatic heterocycles. The lowest BCUT2D eigenvalue weighted by atomic mass is 10.1. The molecule has 0 bridgehead atoms. The van der Waals surface area contributed by atoms with Gasteiger partial charge in [-0.25, -0.2) is 0 Å². The average molecular weight is 235 g/mol. The minimum absolute atomic E-state index is 0.614. The molecule has 0 saturated carbocycles. The van der Waals surface area contributed by atoms with Gasteiger partial charge in [0.05, 0.1) is 0 Å². The first-order chi connectivity index (χ1) is 6.81. The minimum atomic E-state index is 0.614. The van der Waals surface area contributed by atoms with E-state index in [-0.39, 0.29) is 0 Å². The smallest absolute Gasteiger partial charge is 0.0432 e. The zero-order valence-electron chi connectivity index (χ0n) is 8.18. The predicted molar refractivity (Wildman–Crippen MR) is 60.8 cm³/mol. The molecule has 0 spiro atoms. The Labute approximate surface area is 95.2 Å². The summed E-state index contributed by atoms with van der Waals surface area (Å²) in [6.07, 6.45) is 3.93. The van der Waals surface area contributed by atoms with E-state index in [1.807, 2.05) is 0 Å². The van der Waals surface area contributed by atoms with Crippen molar-refractivity contribution in [1.82, 2.24) is 10.2 Å². The van der Waals surface area contributed by atoms with Gasteiger partial charge in [0.1, 0.15) is 0 Å². The van der Waals surface area contributed by atoms with Crippen molar-refractivity contribution in [2.24, 2.45) is 0 Å². The van der Waals surface area contributed by atoms with Crippen LogP contribution in [0.15, 0.2) is 10.6 Å². The molecule has 2 heterocycles. The Hall–Kier alpha value is 0.240. The van der Waals surface area contributed by atoms with Gasteiger partial charge in [-0.05, 0) is 25.8 Å². The summed E-state index contributed by atoms with van der Waals surface area (Å²) in [6, 6.07) is 1.36. The number of hydrogen-bond acceptors (Lipinski definition) is 2. The quantitative estimate of drug-likeness (QED) is 0.806. The van der Waals surface area contributed by atoms with E-state index in [9.17, 15) is 0 Å². The Bertz CT molecular complexity index is 230. The molecule has 1 N–H and O–H groups in total. The molecule has 2 fully saturated rings. The van der Waals surface area contributed by atoms with Gasteiger partial charge in [-0.1, -0.05) is 23.2 Å². The molecule has 0 aromatic rings. The summed E-state index contributed by atoms with van der Waals surface area (Å²) in [5, 5.41) is 4.17. The number of hydrogen-bond donors (Lipinski definition) is 1. The average Bonchev–Trinajstić information content (AvgIpc) is 2.76. The molecule has 0 aromatic heterocycles. The fourth-order valence-electron chi connectivity index (χ4n) is 2.59. The summed E-state index contributed by atoms with van der Waals surface area (Å²) < 4.78 is 0. The standard InChI is InChI=1S/C10H16Cl2N2/c11-6-8(12)7-13-9-3-5-14-4-1-2-10(9)14/h6,9-10,13H,1-5,7H2/b8-6+. The van der Waals surface area contributed by atoms with E-state index in [1.165, 1.54) is 37.9 Å². The van der Waals surface area contributed by atoms with Crippen LogP contribution in [0.3, 0.4) is 0 Å². The van der Waals surface area contributed by atoms with Crippen LogP contribution in [0.4, 0.5) is 0 Å². The van der Waals surface area contributed by atoms with Crippen LogP contribution in [-0.4, -0.2) is 36.6 Å². The molecule has 4 heteroatoms. The Kier molecular flexibility index (Phi) is 3.72.